The van der Waals surface area contributed by atoms with Gasteiger partial charge in [-0.05, 0) is 66.3 Å². The molecule has 13 heteroatoms. The Bertz CT molecular complexity index is 2810. The van der Waals surface area contributed by atoms with Crippen molar-refractivity contribution in [2.75, 3.05) is 0 Å². The van der Waals surface area contributed by atoms with Crippen molar-refractivity contribution in [2.24, 2.45) is 0 Å². The Hall–Kier alpha value is -7.93. The van der Waals surface area contributed by atoms with Crippen LogP contribution < -0.4 is 0 Å². The molecule has 0 heterocycles. The van der Waals surface area contributed by atoms with Crippen molar-refractivity contribution in [3.05, 3.63) is 274 Å². The number of halogens is 9. The zero-order valence-corrected chi connectivity index (χ0v) is 60.3. The molecular weight excluding hydrogens is 1210 g/mol. The Balaban J connectivity index is -0.000000398. The maximum Gasteiger partial charge on any atom is 0.402 e. The van der Waals surface area contributed by atoms with Gasteiger partial charge in [-0.25, -0.2) is 0 Å². The number of carbonyl (C=O) groups is 2. The molecule has 8 aromatic carbocycles. The van der Waals surface area contributed by atoms with Crippen LogP contribution in [-0.2, 0) is 29.1 Å². The molecule has 0 aliphatic carbocycles. The lowest BCUT2D eigenvalue weighted by molar-refractivity contribution is -0.173. The van der Waals surface area contributed by atoms with E-state index in [9.17, 15) is 59.3 Å². The minimum Gasteiger partial charge on any atom is -0.508 e. The molecule has 0 atom stereocenters. The Kier molecular flexibility index (Phi) is 51.9. The predicted molar refractivity (Wildman–Crippen MR) is 382 cm³/mol. The van der Waals surface area contributed by atoms with Crippen molar-refractivity contribution in [2.45, 2.75) is 207 Å². The second-order valence-electron chi connectivity index (χ2n) is 18.0. The first-order chi connectivity index (χ1) is 44.9. The van der Waals surface area contributed by atoms with Gasteiger partial charge in [0.25, 0.3) is 0 Å². The average Bonchev–Trinajstić information content (AvgIpc) is 0.769. The second-order valence-corrected chi connectivity index (χ2v) is 18.0. The summed E-state index contributed by atoms with van der Waals surface area (Å²) in [5, 5.41) is 20.7. The summed E-state index contributed by atoms with van der Waals surface area (Å²) in [7, 11) is 0. The summed E-state index contributed by atoms with van der Waals surface area (Å²) in [6.45, 7) is 43.4. The van der Waals surface area contributed by atoms with Gasteiger partial charge in [-0.3, -0.25) is 9.59 Å². The van der Waals surface area contributed by atoms with Gasteiger partial charge in [0.15, 0.2) is 11.6 Å². The first-order valence-corrected chi connectivity index (χ1v) is 33.2. The van der Waals surface area contributed by atoms with Crippen molar-refractivity contribution < 1.29 is 59.3 Å². The third kappa shape index (κ3) is 27.6. The molecule has 0 fully saturated rings. The molecule has 0 spiro atoms. The van der Waals surface area contributed by atoms with Crippen LogP contribution in [0.1, 0.15) is 224 Å². The first kappa shape index (κ1) is 94.8. The standard InChI is InChI=1S/C31H25F3O4.2C15H13F3.10C2H6/c1-30(31(32,33)34,24-12-14-26(35)22(16-24)18-28(37)20-8-4-2-5-9-20)25-13-15-27(36)23(17-25)19-29(38)21-10-6-3-7-11-21;2*1-14(15(16,17)18,12-8-4-2-5-9-12)13-10-6-3-7-11-13;10*1-2/h2-17,35-36H,18-19H2,1H3;2*2-11H,1H3;10*1-2H3. The number of hydrogen-bond acceptors (Lipinski definition) is 4. The number of hydrogen-bond donors (Lipinski definition) is 2. The summed E-state index contributed by atoms with van der Waals surface area (Å²) in [4.78, 5) is 25.4. The van der Waals surface area contributed by atoms with Crippen molar-refractivity contribution in [3.63, 3.8) is 0 Å². The van der Waals surface area contributed by atoms with Crippen LogP contribution in [-0.4, -0.2) is 40.3 Å². The zero-order valence-electron chi connectivity index (χ0n) is 60.3. The summed E-state index contributed by atoms with van der Waals surface area (Å²) in [5.41, 5.74) is -5.01. The Morgan fingerprint density at radius 2 is 0.436 bits per heavy atom. The van der Waals surface area contributed by atoms with Gasteiger partial charge < -0.3 is 10.2 Å². The Labute approximate surface area is 560 Å². The van der Waals surface area contributed by atoms with Crippen LogP contribution >= 0.6 is 0 Å². The number of phenolic OH excluding ortho intramolecular Hbond substituents is 2. The molecule has 0 amide bonds. The highest BCUT2D eigenvalue weighted by molar-refractivity contribution is 5.98. The molecule has 0 unspecified atom stereocenters. The van der Waals surface area contributed by atoms with Crippen molar-refractivity contribution in [1.29, 1.82) is 0 Å². The molecule has 0 aliphatic rings. The molecule has 0 saturated carbocycles. The first-order valence-electron chi connectivity index (χ1n) is 33.2. The molecule has 4 nitrogen and oxygen atoms in total. The fourth-order valence-corrected chi connectivity index (χ4v) is 8.44. The second kappa shape index (κ2) is 51.5. The smallest absolute Gasteiger partial charge is 0.402 e. The lowest BCUT2D eigenvalue weighted by Crippen LogP contribution is -2.40. The van der Waals surface area contributed by atoms with E-state index in [1.165, 1.54) is 86.6 Å². The normalized spacial score (nSPS) is 10.2. The number of aromatic hydroxyl groups is 2. The summed E-state index contributed by atoms with van der Waals surface area (Å²) < 4.78 is 125. The van der Waals surface area contributed by atoms with Gasteiger partial charge in [-0.1, -0.05) is 345 Å². The highest BCUT2D eigenvalue weighted by Crippen LogP contribution is 2.49. The molecule has 0 radical (unpaired) electrons. The molecule has 0 aromatic heterocycles. The summed E-state index contributed by atoms with van der Waals surface area (Å²) in [6.07, 6.45) is -14.0. The van der Waals surface area contributed by atoms with Crippen LogP contribution in [0.2, 0.25) is 0 Å². The Morgan fingerprint density at radius 3 is 0.617 bits per heavy atom. The maximum atomic E-state index is 14.7. The molecule has 2 N–H and O–H groups in total. The van der Waals surface area contributed by atoms with Crippen molar-refractivity contribution in [1.82, 2.24) is 0 Å². The third-order valence-electron chi connectivity index (χ3n) is 13.3. The van der Waals surface area contributed by atoms with E-state index >= 15 is 0 Å². The lowest BCUT2D eigenvalue weighted by Gasteiger charge is -2.34. The van der Waals surface area contributed by atoms with E-state index in [2.05, 4.69) is 0 Å². The van der Waals surface area contributed by atoms with Gasteiger partial charge in [0.05, 0.1) is 0 Å². The summed E-state index contributed by atoms with van der Waals surface area (Å²) >= 11 is 0. The van der Waals surface area contributed by atoms with Gasteiger partial charge in [0.1, 0.15) is 27.7 Å². The SMILES string of the molecule is CC.CC.CC.CC.CC.CC.CC.CC.CC.CC.CC(c1ccc(O)c(CC(=O)c2ccccc2)c1)(c1ccc(O)c(CC(=O)c2ccccc2)c1)C(F)(F)F.CC(c1ccccc1)(c1ccccc1)C(F)(F)F.CC(c1ccccc1)(c1ccccc1)C(F)(F)F. The number of ketones is 2. The predicted octanol–water partition coefficient (Wildman–Crippen LogP) is 26.2. The number of rotatable bonds is 12. The molecule has 0 bridgehead atoms. The minimum absolute atomic E-state index is 0.0603. The summed E-state index contributed by atoms with van der Waals surface area (Å²) in [6, 6.07) is 55.5. The molecule has 0 saturated heterocycles. The van der Waals surface area contributed by atoms with Crippen LogP contribution in [0.4, 0.5) is 39.5 Å². The average molecular weight is 1320 g/mol. The van der Waals surface area contributed by atoms with Gasteiger partial charge >= 0.3 is 18.5 Å². The highest BCUT2D eigenvalue weighted by Gasteiger charge is 2.55. The van der Waals surface area contributed by atoms with Crippen LogP contribution in [0.25, 0.3) is 0 Å². The van der Waals surface area contributed by atoms with Crippen molar-refractivity contribution >= 4 is 11.6 Å². The van der Waals surface area contributed by atoms with E-state index in [1.807, 2.05) is 138 Å². The number of Topliss-reactive ketones (excluding diaryl/α,β-unsaturated/α-hetero) is 2. The number of benzene rings is 8. The Morgan fingerprint density at radius 1 is 0.266 bits per heavy atom. The van der Waals surface area contributed by atoms with Crippen LogP contribution in [0.5, 0.6) is 11.5 Å². The van der Waals surface area contributed by atoms with Crippen LogP contribution in [0, 0.1) is 0 Å². The van der Waals surface area contributed by atoms with Gasteiger partial charge in [-0.2, -0.15) is 39.5 Å². The van der Waals surface area contributed by atoms with E-state index in [4.69, 9.17) is 0 Å². The fraction of sp³-hybridized carbons (Fsp3) is 0.383. The van der Waals surface area contributed by atoms with Crippen LogP contribution in [0.3, 0.4) is 0 Å². The largest absolute Gasteiger partial charge is 0.508 e. The lowest BCUT2D eigenvalue weighted by atomic mass is 9.74. The molecule has 8 rings (SSSR count). The van der Waals surface area contributed by atoms with Gasteiger partial charge in [0.2, 0.25) is 0 Å². The van der Waals surface area contributed by atoms with Crippen molar-refractivity contribution in [3.8, 4) is 11.5 Å². The zero-order chi connectivity index (χ0) is 74.0. The molecule has 8 aromatic rings. The van der Waals surface area contributed by atoms with E-state index in [0.29, 0.717) is 11.1 Å². The highest BCUT2D eigenvalue weighted by atomic mass is 19.4. The minimum atomic E-state index is -4.79. The van der Waals surface area contributed by atoms with E-state index in [0.717, 1.165) is 19.1 Å². The molecule has 522 valence electrons. The topological polar surface area (TPSA) is 74.6 Å². The third-order valence-corrected chi connectivity index (χ3v) is 13.3. The molecule has 0 aliphatic heterocycles. The quantitative estimate of drug-likeness (QED) is 0.0944. The monoisotopic (exact) mass is 1320 g/mol. The van der Waals surface area contributed by atoms with Gasteiger partial charge in [0, 0.05) is 35.1 Å². The maximum absolute atomic E-state index is 14.7. The number of carbonyl (C=O) groups excluding carboxylic acids is 2. The van der Waals surface area contributed by atoms with Crippen LogP contribution in [0.15, 0.2) is 218 Å². The van der Waals surface area contributed by atoms with E-state index in [-0.39, 0.29) is 80.4 Å². The molecular formula is C81H111F9O4. The number of alkyl halides is 9. The summed E-state index contributed by atoms with van der Waals surface area (Å²) in [5.74, 6) is -1.28. The van der Waals surface area contributed by atoms with Gasteiger partial charge in [-0.15, -0.1) is 0 Å². The van der Waals surface area contributed by atoms with E-state index in [1.54, 1.807) is 133 Å². The fourth-order valence-electron chi connectivity index (χ4n) is 8.44. The number of phenols is 2. The van der Waals surface area contributed by atoms with E-state index < -0.39 is 34.8 Å². The molecule has 94 heavy (non-hydrogen) atoms.